The Labute approximate surface area is 132 Å². The van der Waals surface area contributed by atoms with Gasteiger partial charge in [-0.1, -0.05) is 20.8 Å². The van der Waals surface area contributed by atoms with Gasteiger partial charge in [0.1, 0.15) is 0 Å². The van der Waals surface area contributed by atoms with Gasteiger partial charge in [0.05, 0.1) is 16.3 Å². The van der Waals surface area contributed by atoms with Crippen molar-refractivity contribution in [2.24, 2.45) is 0 Å². The number of hydrogen-bond acceptors (Lipinski definition) is 5. The highest BCUT2D eigenvalue weighted by Crippen LogP contribution is 2.26. The maximum atomic E-state index is 9.89. The number of piperazine rings is 1. The molecule has 5 heteroatoms. The van der Waals surface area contributed by atoms with Crippen LogP contribution in [0.25, 0.3) is 0 Å². The summed E-state index contributed by atoms with van der Waals surface area (Å²) in [4.78, 5) is 9.58. The third kappa shape index (κ3) is 5.33. The van der Waals surface area contributed by atoms with Crippen LogP contribution in [0.1, 0.15) is 45.3 Å². The first-order chi connectivity index (χ1) is 9.63. The summed E-state index contributed by atoms with van der Waals surface area (Å²) in [6.45, 7) is 16.3. The lowest BCUT2D eigenvalue weighted by molar-refractivity contribution is 0.0165. The Balaban J connectivity index is 1.82. The number of hydrogen-bond donors (Lipinski definition) is 1. The number of nitrogens with zero attached hydrogens (tertiary/aromatic N) is 3. The van der Waals surface area contributed by atoms with Gasteiger partial charge >= 0.3 is 0 Å². The van der Waals surface area contributed by atoms with Crippen LogP contribution in [0.5, 0.6) is 0 Å². The number of aromatic nitrogens is 1. The lowest BCUT2D eigenvalue weighted by Crippen LogP contribution is -2.50. The first kappa shape index (κ1) is 16.9. The molecule has 1 N–H and O–H groups in total. The monoisotopic (exact) mass is 311 g/mol. The summed E-state index contributed by atoms with van der Waals surface area (Å²) in [7, 11) is 0. The van der Waals surface area contributed by atoms with Crippen molar-refractivity contribution in [1.29, 1.82) is 0 Å². The molecule has 1 aromatic heterocycles. The van der Waals surface area contributed by atoms with Gasteiger partial charge in [0.2, 0.25) is 0 Å². The van der Waals surface area contributed by atoms with Crippen LogP contribution in [0.2, 0.25) is 0 Å². The van der Waals surface area contributed by atoms with Crippen molar-refractivity contribution in [2.75, 3.05) is 32.7 Å². The molecule has 0 saturated carbocycles. The highest BCUT2D eigenvalue weighted by Gasteiger charge is 2.24. The van der Waals surface area contributed by atoms with E-state index in [9.17, 15) is 5.11 Å². The molecule has 0 bridgehead atoms. The van der Waals surface area contributed by atoms with Crippen LogP contribution in [0.15, 0.2) is 5.38 Å². The Hall–Kier alpha value is -0.490. The summed E-state index contributed by atoms with van der Waals surface area (Å²) >= 11 is 1.77. The zero-order chi connectivity index (χ0) is 15.7. The Morgan fingerprint density at radius 3 is 2.14 bits per heavy atom. The average Bonchev–Trinajstić information content (AvgIpc) is 2.78. The van der Waals surface area contributed by atoms with Crippen LogP contribution in [0, 0.1) is 0 Å². The fourth-order valence-electron chi connectivity index (χ4n) is 2.61. The van der Waals surface area contributed by atoms with Crippen LogP contribution < -0.4 is 0 Å². The summed E-state index contributed by atoms with van der Waals surface area (Å²) < 4.78 is 0. The van der Waals surface area contributed by atoms with Crippen molar-refractivity contribution in [2.45, 2.75) is 52.2 Å². The Morgan fingerprint density at radius 2 is 1.67 bits per heavy atom. The van der Waals surface area contributed by atoms with Crippen LogP contribution in [-0.4, -0.2) is 58.2 Å². The SMILES string of the molecule is CC(C)(O)CN1CCN(Cc2csc(C(C)(C)C)n2)CC1. The van der Waals surface area contributed by atoms with Gasteiger partial charge in [0.25, 0.3) is 0 Å². The second kappa shape index (κ2) is 6.32. The fourth-order valence-corrected chi connectivity index (χ4v) is 3.50. The summed E-state index contributed by atoms with van der Waals surface area (Å²) in [5, 5.41) is 13.3. The highest BCUT2D eigenvalue weighted by atomic mass is 32.1. The fraction of sp³-hybridized carbons (Fsp3) is 0.812. The Kier molecular flexibility index (Phi) is 5.08. The van der Waals surface area contributed by atoms with E-state index in [4.69, 9.17) is 4.98 Å². The van der Waals surface area contributed by atoms with Crippen LogP contribution in [-0.2, 0) is 12.0 Å². The first-order valence-electron chi connectivity index (χ1n) is 7.75. The maximum Gasteiger partial charge on any atom is 0.0982 e. The van der Waals surface area contributed by atoms with Gasteiger partial charge in [0.15, 0.2) is 0 Å². The quantitative estimate of drug-likeness (QED) is 0.926. The third-order valence-corrected chi connectivity index (χ3v) is 4.97. The van der Waals surface area contributed by atoms with Crippen molar-refractivity contribution < 1.29 is 5.11 Å². The minimum Gasteiger partial charge on any atom is -0.389 e. The van der Waals surface area contributed by atoms with E-state index in [1.165, 1.54) is 10.7 Å². The molecular weight excluding hydrogens is 282 g/mol. The lowest BCUT2D eigenvalue weighted by atomic mass is 9.98. The van der Waals surface area contributed by atoms with Gasteiger partial charge in [-0.3, -0.25) is 9.80 Å². The van der Waals surface area contributed by atoms with Gasteiger partial charge in [-0.05, 0) is 13.8 Å². The molecule has 0 aliphatic carbocycles. The van der Waals surface area contributed by atoms with Crippen molar-refractivity contribution >= 4 is 11.3 Å². The standard InChI is InChI=1S/C16H29N3OS/c1-15(2,3)14-17-13(11-21-14)10-18-6-8-19(9-7-18)12-16(4,5)20/h11,20H,6-10,12H2,1-5H3. The molecule has 4 nitrogen and oxygen atoms in total. The first-order valence-corrected chi connectivity index (χ1v) is 8.63. The maximum absolute atomic E-state index is 9.89. The van der Waals surface area contributed by atoms with E-state index < -0.39 is 5.60 Å². The van der Waals surface area contributed by atoms with Crippen molar-refractivity contribution in [3.63, 3.8) is 0 Å². The van der Waals surface area contributed by atoms with Crippen molar-refractivity contribution in [1.82, 2.24) is 14.8 Å². The molecule has 2 rings (SSSR count). The minimum atomic E-state index is -0.599. The zero-order valence-electron chi connectivity index (χ0n) is 14.0. The largest absolute Gasteiger partial charge is 0.389 e. The molecule has 21 heavy (non-hydrogen) atoms. The summed E-state index contributed by atoms with van der Waals surface area (Å²) in [5.74, 6) is 0. The topological polar surface area (TPSA) is 39.6 Å². The van der Waals surface area contributed by atoms with E-state index >= 15 is 0 Å². The molecule has 1 fully saturated rings. The molecule has 0 radical (unpaired) electrons. The zero-order valence-corrected chi connectivity index (χ0v) is 14.8. The number of rotatable bonds is 4. The predicted octanol–water partition coefficient (Wildman–Crippen LogP) is 2.33. The van der Waals surface area contributed by atoms with E-state index in [0.717, 1.165) is 39.3 Å². The molecular formula is C16H29N3OS. The number of β-amino-alcohol motifs (C(OH)–C–C–N with tert-alkyl or cyclic N) is 1. The molecule has 0 atom stereocenters. The smallest absolute Gasteiger partial charge is 0.0982 e. The second-order valence-electron chi connectivity index (χ2n) is 7.76. The van der Waals surface area contributed by atoms with Crippen molar-refractivity contribution in [3.05, 3.63) is 16.1 Å². The summed E-state index contributed by atoms with van der Waals surface area (Å²) in [6, 6.07) is 0. The summed E-state index contributed by atoms with van der Waals surface area (Å²) in [6.07, 6.45) is 0. The van der Waals surface area contributed by atoms with Gasteiger partial charge in [0, 0.05) is 50.1 Å². The normalized spacial score (nSPS) is 19.1. The molecule has 1 aromatic rings. The molecule has 120 valence electrons. The van der Waals surface area contributed by atoms with E-state index in [0.29, 0.717) is 0 Å². The van der Waals surface area contributed by atoms with E-state index in [1.807, 2.05) is 13.8 Å². The molecule has 0 aromatic carbocycles. The van der Waals surface area contributed by atoms with E-state index in [-0.39, 0.29) is 5.41 Å². The van der Waals surface area contributed by atoms with Crippen LogP contribution in [0.4, 0.5) is 0 Å². The molecule has 1 aliphatic heterocycles. The Bertz CT molecular complexity index is 451. The Morgan fingerprint density at radius 1 is 1.10 bits per heavy atom. The average molecular weight is 311 g/mol. The van der Waals surface area contributed by atoms with Crippen molar-refractivity contribution in [3.8, 4) is 0 Å². The van der Waals surface area contributed by atoms with Crippen LogP contribution >= 0.6 is 11.3 Å². The molecule has 2 heterocycles. The summed E-state index contributed by atoms with van der Waals surface area (Å²) in [5.41, 5.74) is 0.744. The minimum absolute atomic E-state index is 0.147. The lowest BCUT2D eigenvalue weighted by Gasteiger charge is -2.37. The second-order valence-corrected chi connectivity index (χ2v) is 8.62. The highest BCUT2D eigenvalue weighted by molar-refractivity contribution is 7.09. The number of aliphatic hydroxyl groups is 1. The van der Waals surface area contributed by atoms with Gasteiger partial charge in [-0.25, -0.2) is 4.98 Å². The molecule has 1 saturated heterocycles. The molecule has 0 amide bonds. The molecule has 0 spiro atoms. The van der Waals surface area contributed by atoms with Crippen LogP contribution in [0.3, 0.4) is 0 Å². The van der Waals surface area contributed by atoms with Gasteiger partial charge < -0.3 is 5.11 Å². The number of thiazole rings is 1. The molecule has 1 aliphatic rings. The molecule has 0 unspecified atom stereocenters. The van der Waals surface area contributed by atoms with Gasteiger partial charge in [-0.2, -0.15) is 0 Å². The predicted molar refractivity (Wildman–Crippen MR) is 88.8 cm³/mol. The van der Waals surface area contributed by atoms with E-state index in [2.05, 4.69) is 36.0 Å². The van der Waals surface area contributed by atoms with Gasteiger partial charge in [-0.15, -0.1) is 11.3 Å². The third-order valence-electron chi connectivity index (χ3n) is 3.65. The van der Waals surface area contributed by atoms with E-state index in [1.54, 1.807) is 11.3 Å².